The number of carbonyl (C=O) groups excluding carboxylic acids is 1. The molecule has 0 fully saturated rings. The van der Waals surface area contributed by atoms with Crippen molar-refractivity contribution in [1.29, 1.82) is 0 Å². The van der Waals surface area contributed by atoms with Crippen LogP contribution in [0.5, 0.6) is 0 Å². The van der Waals surface area contributed by atoms with Gasteiger partial charge in [-0.05, 0) is 18.1 Å². The van der Waals surface area contributed by atoms with Crippen molar-refractivity contribution in [3.8, 4) is 11.8 Å². The molecule has 0 bridgehead atoms. The Hall–Kier alpha value is -3.43. The number of hydrogen-bond donors (Lipinski definition) is 1. The molecule has 2 aromatic heterocycles. The second-order valence-corrected chi connectivity index (χ2v) is 6.85. The van der Waals surface area contributed by atoms with E-state index >= 15 is 0 Å². The summed E-state index contributed by atoms with van der Waals surface area (Å²) in [6, 6.07) is 11.8. The lowest BCUT2D eigenvalue weighted by Gasteiger charge is -2.05. The summed E-state index contributed by atoms with van der Waals surface area (Å²) in [6.07, 6.45) is 9.64. The van der Waals surface area contributed by atoms with Gasteiger partial charge in [0.2, 0.25) is 0 Å². The van der Waals surface area contributed by atoms with E-state index in [0.29, 0.717) is 31.0 Å². The molecule has 0 unspecified atom stereocenters. The largest absolute Gasteiger partial charge is 0.375 e. The third-order valence-corrected chi connectivity index (χ3v) is 4.36. The van der Waals surface area contributed by atoms with Crippen molar-refractivity contribution in [3.05, 3.63) is 77.9 Å². The summed E-state index contributed by atoms with van der Waals surface area (Å²) in [5, 5.41) is 7.11. The molecule has 0 aliphatic rings. The molecule has 0 aliphatic carbocycles. The van der Waals surface area contributed by atoms with Gasteiger partial charge >= 0.3 is 0 Å². The summed E-state index contributed by atoms with van der Waals surface area (Å²) in [5.41, 5.74) is 2.97. The molecule has 1 aromatic carbocycles. The van der Waals surface area contributed by atoms with Crippen LogP contribution in [0.15, 0.2) is 61.2 Å². The van der Waals surface area contributed by atoms with E-state index in [1.165, 1.54) is 6.20 Å². The zero-order valence-electron chi connectivity index (χ0n) is 17.2. The predicted octanol–water partition coefficient (Wildman–Crippen LogP) is 4.29. The lowest BCUT2D eigenvalue weighted by Crippen LogP contribution is -2.12. The first-order valence-electron chi connectivity index (χ1n) is 10.1. The van der Waals surface area contributed by atoms with Crippen molar-refractivity contribution in [2.24, 2.45) is 0 Å². The van der Waals surface area contributed by atoms with Gasteiger partial charge in [-0.3, -0.25) is 14.5 Å². The van der Waals surface area contributed by atoms with Crippen LogP contribution in [-0.2, 0) is 17.9 Å². The first-order valence-corrected chi connectivity index (χ1v) is 10.1. The van der Waals surface area contributed by atoms with Crippen molar-refractivity contribution >= 4 is 11.6 Å². The van der Waals surface area contributed by atoms with Crippen molar-refractivity contribution < 1.29 is 9.53 Å². The van der Waals surface area contributed by atoms with Gasteiger partial charge in [0, 0.05) is 30.6 Å². The number of nitrogens with zero attached hydrogens (tertiary/aromatic N) is 3. The van der Waals surface area contributed by atoms with Crippen LogP contribution in [0.3, 0.4) is 0 Å². The summed E-state index contributed by atoms with van der Waals surface area (Å²) in [4.78, 5) is 16.6. The molecular weight excluding hydrogens is 376 g/mol. The number of anilines is 1. The third-order valence-electron chi connectivity index (χ3n) is 4.36. The van der Waals surface area contributed by atoms with Crippen LogP contribution in [0.25, 0.3) is 0 Å². The Labute approximate surface area is 177 Å². The molecule has 6 heteroatoms. The number of hydrogen-bond acceptors (Lipinski definition) is 4. The Bertz CT molecular complexity index is 1000. The summed E-state index contributed by atoms with van der Waals surface area (Å²) < 4.78 is 7.42. The molecule has 1 amide bonds. The highest BCUT2D eigenvalue weighted by Crippen LogP contribution is 2.09. The zero-order valence-corrected chi connectivity index (χ0v) is 17.2. The summed E-state index contributed by atoms with van der Waals surface area (Å²) in [5.74, 6) is 5.93. The van der Waals surface area contributed by atoms with Crippen LogP contribution < -0.4 is 5.32 Å². The van der Waals surface area contributed by atoms with E-state index in [9.17, 15) is 4.79 Å². The Morgan fingerprint density at radius 3 is 2.90 bits per heavy atom. The van der Waals surface area contributed by atoms with Gasteiger partial charge in [-0.25, -0.2) is 0 Å². The number of amides is 1. The second-order valence-electron chi connectivity index (χ2n) is 6.85. The van der Waals surface area contributed by atoms with E-state index in [4.69, 9.17) is 4.74 Å². The summed E-state index contributed by atoms with van der Waals surface area (Å²) >= 11 is 0. The molecule has 3 rings (SSSR count). The predicted molar refractivity (Wildman–Crippen MR) is 117 cm³/mol. The zero-order chi connectivity index (χ0) is 21.0. The van der Waals surface area contributed by atoms with Crippen molar-refractivity contribution in [2.45, 2.75) is 39.3 Å². The molecule has 0 saturated heterocycles. The molecule has 0 radical (unpaired) electrons. The average Bonchev–Trinajstić information content (AvgIpc) is 3.22. The SMILES string of the molecule is CCCCC#Cc1cncc(C(=O)Nc2cnn(CCOCc3ccccc3)c2)c1. The third kappa shape index (κ3) is 6.87. The van der Waals surface area contributed by atoms with Gasteiger partial charge < -0.3 is 10.1 Å². The molecule has 2 heterocycles. The summed E-state index contributed by atoms with van der Waals surface area (Å²) in [6.45, 7) is 3.84. The fourth-order valence-electron chi connectivity index (χ4n) is 2.74. The monoisotopic (exact) mass is 402 g/mol. The highest BCUT2D eigenvalue weighted by Gasteiger charge is 2.09. The molecule has 0 aliphatic heterocycles. The van der Waals surface area contributed by atoms with E-state index in [2.05, 4.69) is 34.2 Å². The van der Waals surface area contributed by atoms with E-state index in [1.54, 1.807) is 29.3 Å². The Morgan fingerprint density at radius 1 is 1.20 bits per heavy atom. The van der Waals surface area contributed by atoms with Gasteiger partial charge in [-0.15, -0.1) is 0 Å². The Balaban J connectivity index is 1.48. The average molecular weight is 402 g/mol. The molecule has 1 N–H and O–H groups in total. The number of benzene rings is 1. The highest BCUT2D eigenvalue weighted by molar-refractivity contribution is 6.04. The first-order chi connectivity index (χ1) is 14.7. The van der Waals surface area contributed by atoms with Crippen LogP contribution in [0.2, 0.25) is 0 Å². The van der Waals surface area contributed by atoms with Gasteiger partial charge in [0.15, 0.2) is 0 Å². The van der Waals surface area contributed by atoms with E-state index in [0.717, 1.165) is 30.4 Å². The molecule has 3 aromatic rings. The topological polar surface area (TPSA) is 69.0 Å². The molecule has 0 spiro atoms. The number of pyridine rings is 1. The van der Waals surface area contributed by atoms with E-state index < -0.39 is 0 Å². The van der Waals surface area contributed by atoms with Crippen LogP contribution in [0.1, 0.15) is 47.7 Å². The molecule has 0 saturated carbocycles. The van der Waals surface area contributed by atoms with Gasteiger partial charge in [-0.2, -0.15) is 5.10 Å². The number of carbonyl (C=O) groups is 1. The van der Waals surface area contributed by atoms with E-state index in [-0.39, 0.29) is 5.91 Å². The number of rotatable bonds is 9. The first kappa shape index (κ1) is 21.3. The maximum absolute atomic E-state index is 12.5. The quantitative estimate of drug-likeness (QED) is 0.428. The van der Waals surface area contributed by atoms with Crippen molar-refractivity contribution in [3.63, 3.8) is 0 Å². The van der Waals surface area contributed by atoms with E-state index in [1.807, 2.05) is 30.3 Å². The minimum atomic E-state index is -0.236. The van der Waals surface area contributed by atoms with Crippen molar-refractivity contribution in [2.75, 3.05) is 11.9 Å². The summed E-state index contributed by atoms with van der Waals surface area (Å²) in [7, 11) is 0. The maximum atomic E-state index is 12.5. The van der Waals surface area contributed by atoms with Crippen LogP contribution in [-0.4, -0.2) is 27.3 Å². The van der Waals surface area contributed by atoms with Gasteiger partial charge in [0.25, 0.3) is 5.91 Å². The standard InChI is InChI=1S/C24H26N4O2/c1-2-3-4-6-11-21-14-22(16-25-15-21)24(29)27-23-17-26-28(18-23)12-13-30-19-20-9-7-5-8-10-20/h5,7-10,14-18H,2-4,12-13,19H2,1H3,(H,27,29). The highest BCUT2D eigenvalue weighted by atomic mass is 16.5. The smallest absolute Gasteiger partial charge is 0.257 e. The number of unbranched alkanes of at least 4 members (excludes halogenated alkanes) is 2. The fraction of sp³-hybridized carbons (Fsp3) is 0.292. The van der Waals surface area contributed by atoms with Gasteiger partial charge in [0.05, 0.1) is 37.2 Å². The molecular formula is C24H26N4O2. The number of ether oxygens (including phenoxy) is 1. The lowest BCUT2D eigenvalue weighted by molar-refractivity contribution is 0.102. The fourth-order valence-corrected chi connectivity index (χ4v) is 2.74. The van der Waals surface area contributed by atoms with Gasteiger partial charge in [-0.1, -0.05) is 55.5 Å². The van der Waals surface area contributed by atoms with Crippen LogP contribution in [0.4, 0.5) is 5.69 Å². The molecule has 154 valence electrons. The minimum Gasteiger partial charge on any atom is -0.375 e. The lowest BCUT2D eigenvalue weighted by atomic mass is 10.2. The molecule has 0 atom stereocenters. The molecule has 30 heavy (non-hydrogen) atoms. The van der Waals surface area contributed by atoms with Crippen LogP contribution in [0, 0.1) is 11.8 Å². The van der Waals surface area contributed by atoms with Crippen LogP contribution >= 0.6 is 0 Å². The number of aromatic nitrogens is 3. The Morgan fingerprint density at radius 2 is 2.07 bits per heavy atom. The molecule has 6 nitrogen and oxygen atoms in total. The minimum absolute atomic E-state index is 0.236. The normalized spacial score (nSPS) is 10.3. The number of nitrogens with one attached hydrogen (secondary N) is 1. The van der Waals surface area contributed by atoms with Crippen molar-refractivity contribution in [1.82, 2.24) is 14.8 Å². The van der Waals surface area contributed by atoms with Gasteiger partial charge in [0.1, 0.15) is 0 Å². The maximum Gasteiger partial charge on any atom is 0.257 e. The Kier molecular flexibility index (Phi) is 8.19. The second kappa shape index (κ2) is 11.5.